The first-order valence-electron chi connectivity index (χ1n) is 8.81. The fraction of sp³-hybridized carbons (Fsp3) is 0.500. The fourth-order valence-electron chi connectivity index (χ4n) is 3.26. The Morgan fingerprint density at radius 1 is 1.40 bits per heavy atom. The van der Waals surface area contributed by atoms with Crippen molar-refractivity contribution >= 4 is 47.3 Å². The van der Waals surface area contributed by atoms with Crippen LogP contribution in [0.3, 0.4) is 0 Å². The minimum Gasteiger partial charge on any atom is -0.479 e. The van der Waals surface area contributed by atoms with Crippen LogP contribution >= 0.6 is 23.5 Å². The number of rotatable bonds is 9. The van der Waals surface area contributed by atoms with E-state index in [0.717, 1.165) is 4.90 Å². The second kappa shape index (κ2) is 9.36. The minimum absolute atomic E-state index is 0.136. The van der Waals surface area contributed by atoms with Crippen LogP contribution in [0.2, 0.25) is 0 Å². The molecule has 7 N–H and O–H groups in total. The number of fused-ring (bicyclic) bond motifs is 1. The van der Waals surface area contributed by atoms with Crippen molar-refractivity contribution in [2.45, 2.75) is 29.0 Å². The molecule has 0 aliphatic carbocycles. The normalized spacial score (nSPS) is 29.1. The molecule has 164 valence electrons. The number of β-lactam (4-membered cyclic amide) rings is 1. The van der Waals surface area contributed by atoms with Gasteiger partial charge in [0, 0.05) is 17.5 Å². The van der Waals surface area contributed by atoms with Crippen molar-refractivity contribution in [1.82, 2.24) is 21.0 Å². The number of hydrogen-bond acceptors (Lipinski definition) is 10. The first-order chi connectivity index (χ1) is 14.2. The first kappa shape index (κ1) is 22.6. The van der Waals surface area contributed by atoms with Gasteiger partial charge in [-0.25, -0.2) is 9.59 Å². The molecule has 12 nitrogen and oxygen atoms in total. The molecule has 2 fully saturated rings. The van der Waals surface area contributed by atoms with Crippen LogP contribution in [0.1, 0.15) is 0 Å². The predicted octanol–water partition coefficient (Wildman–Crippen LogP) is -2.17. The van der Waals surface area contributed by atoms with Crippen LogP contribution in [0.5, 0.6) is 0 Å². The Morgan fingerprint density at radius 2 is 2.13 bits per heavy atom. The summed E-state index contributed by atoms with van der Waals surface area (Å²) in [5, 5.41) is 23.2. The van der Waals surface area contributed by atoms with E-state index in [0.29, 0.717) is 17.1 Å². The largest absolute Gasteiger partial charge is 0.479 e. The molecule has 0 aromatic heterocycles. The standard InChI is InChI=1S/C16H21N5O7S2/c1-2-6-4-29-14-10(13(25)21(14)11(6)15(26)27)19-12(24)9(20-28-3-8(22)23)7-5-30-16(17)18-7/h2,7,9-10,14,16,18,20H,1,3-5,17H2,(H,19,24)(H,22,23)(H,26,27)/t7?,9?,10-,14-,16?/m1/s1. The van der Waals surface area contributed by atoms with Crippen LogP contribution in [0.15, 0.2) is 23.9 Å². The van der Waals surface area contributed by atoms with Gasteiger partial charge in [-0.3, -0.25) is 24.6 Å². The molecule has 3 unspecified atom stereocenters. The topological polar surface area (TPSA) is 183 Å². The molecule has 0 spiro atoms. The van der Waals surface area contributed by atoms with Gasteiger partial charge in [-0.05, 0) is 5.57 Å². The van der Waals surface area contributed by atoms with Crippen LogP contribution in [-0.4, -0.2) is 86.0 Å². The van der Waals surface area contributed by atoms with Gasteiger partial charge in [-0.2, -0.15) is 5.48 Å². The second-order valence-electron chi connectivity index (χ2n) is 6.58. The van der Waals surface area contributed by atoms with Gasteiger partial charge in [-0.1, -0.05) is 12.7 Å². The molecule has 3 aliphatic heterocycles. The molecule has 2 amide bonds. The zero-order valence-corrected chi connectivity index (χ0v) is 17.2. The van der Waals surface area contributed by atoms with Crippen LogP contribution in [-0.2, 0) is 24.0 Å². The van der Waals surface area contributed by atoms with E-state index in [1.54, 1.807) is 0 Å². The Bertz CT molecular complexity index is 807. The Morgan fingerprint density at radius 3 is 2.70 bits per heavy atom. The molecule has 3 rings (SSSR count). The number of hydrogen-bond donors (Lipinski definition) is 6. The van der Waals surface area contributed by atoms with Crippen LogP contribution in [0.25, 0.3) is 0 Å². The predicted molar refractivity (Wildman–Crippen MR) is 108 cm³/mol. The number of aliphatic carboxylic acids is 2. The molecule has 0 bridgehead atoms. The van der Waals surface area contributed by atoms with Crippen molar-refractivity contribution in [3.8, 4) is 0 Å². The number of nitrogens with one attached hydrogen (secondary N) is 3. The summed E-state index contributed by atoms with van der Waals surface area (Å²) in [5.41, 5.74) is 8.10. The van der Waals surface area contributed by atoms with E-state index in [4.69, 9.17) is 15.7 Å². The maximum atomic E-state index is 12.9. The zero-order valence-electron chi connectivity index (χ0n) is 15.6. The van der Waals surface area contributed by atoms with Gasteiger partial charge >= 0.3 is 11.9 Å². The van der Waals surface area contributed by atoms with Crippen molar-refractivity contribution in [3.63, 3.8) is 0 Å². The number of carbonyl (C=O) groups is 4. The van der Waals surface area contributed by atoms with Gasteiger partial charge in [0.2, 0.25) is 5.91 Å². The van der Waals surface area contributed by atoms with E-state index in [9.17, 15) is 24.3 Å². The van der Waals surface area contributed by atoms with Crippen molar-refractivity contribution in [2.75, 3.05) is 18.1 Å². The highest BCUT2D eigenvalue weighted by Crippen LogP contribution is 2.40. The summed E-state index contributed by atoms with van der Waals surface area (Å²) in [4.78, 5) is 53.7. The fourth-order valence-corrected chi connectivity index (χ4v) is 5.58. The molecule has 5 atom stereocenters. The quantitative estimate of drug-likeness (QED) is 0.162. The SMILES string of the molecule is C=CC1=C(C(=O)O)N2C(=O)[C@@H](NC(=O)C(NOCC(=O)O)C3CSC(N)N3)[C@H]2SC1. The lowest BCUT2D eigenvalue weighted by Crippen LogP contribution is -2.72. The molecule has 0 saturated carbocycles. The Labute approximate surface area is 179 Å². The van der Waals surface area contributed by atoms with Gasteiger partial charge in [-0.15, -0.1) is 23.5 Å². The van der Waals surface area contributed by atoms with E-state index in [1.807, 2.05) is 0 Å². The van der Waals surface area contributed by atoms with E-state index >= 15 is 0 Å². The Hall–Kier alpha value is -2.10. The molecule has 0 aromatic rings. The number of carboxylic acids is 2. The molecular weight excluding hydrogens is 438 g/mol. The summed E-state index contributed by atoms with van der Waals surface area (Å²) in [6.45, 7) is 2.92. The summed E-state index contributed by atoms with van der Waals surface area (Å²) in [7, 11) is 0. The maximum Gasteiger partial charge on any atom is 0.352 e. The zero-order chi connectivity index (χ0) is 22.0. The highest BCUT2D eigenvalue weighted by atomic mass is 32.2. The number of allylic oxidation sites excluding steroid dienone is 1. The lowest BCUT2D eigenvalue weighted by Gasteiger charge is -2.49. The third-order valence-corrected chi connectivity index (χ3v) is 7.02. The molecule has 30 heavy (non-hydrogen) atoms. The van der Waals surface area contributed by atoms with Crippen molar-refractivity contribution in [3.05, 3.63) is 23.9 Å². The summed E-state index contributed by atoms with van der Waals surface area (Å²) in [6, 6.07) is -2.40. The van der Waals surface area contributed by atoms with E-state index in [-0.39, 0.29) is 5.70 Å². The van der Waals surface area contributed by atoms with Gasteiger partial charge in [0.25, 0.3) is 5.91 Å². The molecule has 3 heterocycles. The summed E-state index contributed by atoms with van der Waals surface area (Å²) in [5.74, 6) is -2.81. The average molecular weight is 460 g/mol. The number of nitrogens with two attached hydrogens (primary N) is 1. The van der Waals surface area contributed by atoms with Gasteiger partial charge in [0.15, 0.2) is 6.61 Å². The molecular formula is C16H21N5O7S2. The highest BCUT2D eigenvalue weighted by molar-refractivity contribution is 8.00. The smallest absolute Gasteiger partial charge is 0.352 e. The molecule has 3 aliphatic rings. The van der Waals surface area contributed by atoms with Crippen molar-refractivity contribution < 1.29 is 34.2 Å². The van der Waals surface area contributed by atoms with Gasteiger partial charge in [0.05, 0.1) is 0 Å². The second-order valence-corrected chi connectivity index (χ2v) is 8.86. The van der Waals surface area contributed by atoms with E-state index in [1.165, 1.54) is 29.6 Å². The number of carboxylic acid groups (broad SMARTS) is 2. The van der Waals surface area contributed by atoms with Crippen LogP contribution in [0.4, 0.5) is 0 Å². The minimum atomic E-state index is -1.24. The number of thioether (sulfide) groups is 2. The van der Waals surface area contributed by atoms with E-state index in [2.05, 4.69) is 22.7 Å². The Balaban J connectivity index is 1.69. The molecule has 14 heteroatoms. The summed E-state index contributed by atoms with van der Waals surface area (Å²) < 4.78 is 0. The highest BCUT2D eigenvalue weighted by Gasteiger charge is 2.54. The third-order valence-electron chi connectivity index (χ3n) is 4.67. The monoisotopic (exact) mass is 459 g/mol. The molecule has 0 aromatic carbocycles. The van der Waals surface area contributed by atoms with Crippen LogP contribution in [0, 0.1) is 0 Å². The van der Waals surface area contributed by atoms with Crippen molar-refractivity contribution in [1.29, 1.82) is 0 Å². The number of hydroxylamine groups is 1. The van der Waals surface area contributed by atoms with Crippen LogP contribution < -0.4 is 21.8 Å². The van der Waals surface area contributed by atoms with Gasteiger partial charge in [0.1, 0.15) is 28.7 Å². The number of amides is 2. The average Bonchev–Trinajstić information content (AvgIpc) is 3.13. The lowest BCUT2D eigenvalue weighted by molar-refractivity contribution is -0.152. The number of carbonyl (C=O) groups excluding carboxylic acids is 2. The van der Waals surface area contributed by atoms with E-state index < -0.39 is 59.4 Å². The summed E-state index contributed by atoms with van der Waals surface area (Å²) in [6.07, 6.45) is 1.40. The molecule has 0 radical (unpaired) electrons. The lowest BCUT2D eigenvalue weighted by atomic mass is 10.0. The number of nitrogens with zero attached hydrogens (tertiary/aromatic N) is 1. The molecule has 2 saturated heterocycles. The van der Waals surface area contributed by atoms with Crippen molar-refractivity contribution in [2.24, 2.45) is 5.73 Å². The third kappa shape index (κ3) is 4.48. The Kier molecular flexibility index (Phi) is 7.05. The summed E-state index contributed by atoms with van der Waals surface area (Å²) >= 11 is 2.68. The first-order valence-corrected chi connectivity index (χ1v) is 10.9. The maximum absolute atomic E-state index is 12.9. The van der Waals surface area contributed by atoms with Gasteiger partial charge < -0.3 is 21.3 Å².